The molecule has 0 fully saturated rings. The molecule has 21 heavy (non-hydrogen) atoms. The number of benzene rings is 2. The molecule has 0 atom stereocenters. The van der Waals surface area contributed by atoms with E-state index in [1.165, 1.54) is 18.2 Å². The van der Waals surface area contributed by atoms with E-state index in [4.69, 9.17) is 0 Å². The average molecular weight is 285 g/mol. The molecule has 4 nitrogen and oxygen atoms in total. The number of hydrogen-bond donors (Lipinski definition) is 2. The molecule has 2 aromatic carbocycles. The first-order valence-electron chi connectivity index (χ1n) is 7.01. The molecule has 0 saturated carbocycles. The van der Waals surface area contributed by atoms with Gasteiger partial charge < -0.3 is 15.1 Å². The second-order valence-electron chi connectivity index (χ2n) is 4.88. The van der Waals surface area contributed by atoms with E-state index in [0.29, 0.717) is 6.54 Å². The largest absolute Gasteiger partial charge is 0.508 e. The lowest BCUT2D eigenvalue weighted by molar-refractivity contribution is 0.0986. The Morgan fingerprint density at radius 1 is 1.05 bits per heavy atom. The van der Waals surface area contributed by atoms with Crippen LogP contribution in [-0.4, -0.2) is 22.7 Å². The monoisotopic (exact) mass is 285 g/mol. The molecule has 0 aliphatic carbocycles. The molecular formula is C17H19NO3. The predicted molar refractivity (Wildman–Crippen MR) is 82.8 cm³/mol. The molecule has 1 amide bonds. The van der Waals surface area contributed by atoms with E-state index in [2.05, 4.69) is 6.92 Å². The quantitative estimate of drug-likeness (QED) is 0.883. The third-order valence-corrected chi connectivity index (χ3v) is 3.20. The Kier molecular flexibility index (Phi) is 4.82. The van der Waals surface area contributed by atoms with Gasteiger partial charge in [0, 0.05) is 23.9 Å². The van der Waals surface area contributed by atoms with Gasteiger partial charge in [-0.15, -0.1) is 0 Å². The number of aromatic hydroxyl groups is 2. The number of anilines is 1. The molecule has 2 aromatic rings. The topological polar surface area (TPSA) is 60.8 Å². The van der Waals surface area contributed by atoms with E-state index in [-0.39, 0.29) is 23.0 Å². The zero-order valence-electron chi connectivity index (χ0n) is 12.0. The van der Waals surface area contributed by atoms with Crippen molar-refractivity contribution in [3.8, 4) is 11.5 Å². The first-order chi connectivity index (χ1) is 10.1. The van der Waals surface area contributed by atoms with Crippen molar-refractivity contribution in [2.75, 3.05) is 11.4 Å². The summed E-state index contributed by atoms with van der Waals surface area (Å²) in [6.45, 7) is 2.66. The number of phenols is 2. The number of carbonyl (C=O) groups is 1. The lowest BCUT2D eigenvalue weighted by Gasteiger charge is -2.23. The van der Waals surface area contributed by atoms with Crippen LogP contribution in [0.1, 0.15) is 30.1 Å². The van der Waals surface area contributed by atoms with Crippen molar-refractivity contribution in [3.05, 3.63) is 54.1 Å². The minimum absolute atomic E-state index is 0.123. The van der Waals surface area contributed by atoms with Crippen molar-refractivity contribution in [3.63, 3.8) is 0 Å². The fourth-order valence-corrected chi connectivity index (χ4v) is 2.15. The summed E-state index contributed by atoms with van der Waals surface area (Å²) in [5.74, 6) is -0.482. The van der Waals surface area contributed by atoms with Crippen molar-refractivity contribution in [1.29, 1.82) is 0 Å². The van der Waals surface area contributed by atoms with Crippen molar-refractivity contribution in [2.45, 2.75) is 19.8 Å². The van der Waals surface area contributed by atoms with Gasteiger partial charge in [0.05, 0.1) is 0 Å². The number of para-hydroxylation sites is 1. The van der Waals surface area contributed by atoms with Gasteiger partial charge in [0.25, 0.3) is 5.91 Å². The molecule has 110 valence electrons. The molecular weight excluding hydrogens is 266 g/mol. The van der Waals surface area contributed by atoms with Gasteiger partial charge in [-0.3, -0.25) is 4.79 Å². The molecule has 0 bridgehead atoms. The fourth-order valence-electron chi connectivity index (χ4n) is 2.15. The van der Waals surface area contributed by atoms with Gasteiger partial charge in [-0.2, -0.15) is 0 Å². The SMILES string of the molecule is CCCCN(C(=O)c1cc(O)cc(O)c1)c1ccccc1. The normalized spacial score (nSPS) is 10.3. The highest BCUT2D eigenvalue weighted by Crippen LogP contribution is 2.24. The van der Waals surface area contributed by atoms with Gasteiger partial charge in [0.15, 0.2) is 0 Å². The Hall–Kier alpha value is -2.49. The average Bonchev–Trinajstić information content (AvgIpc) is 2.47. The van der Waals surface area contributed by atoms with E-state index in [1.54, 1.807) is 4.90 Å². The number of unbranched alkanes of at least 4 members (excludes halogenated alkanes) is 1. The summed E-state index contributed by atoms with van der Waals surface area (Å²) in [5, 5.41) is 19.1. The predicted octanol–water partition coefficient (Wildman–Crippen LogP) is 3.54. The van der Waals surface area contributed by atoms with Crippen LogP contribution in [0.15, 0.2) is 48.5 Å². The van der Waals surface area contributed by atoms with Gasteiger partial charge in [-0.1, -0.05) is 31.5 Å². The van der Waals surface area contributed by atoms with Crippen molar-refractivity contribution in [1.82, 2.24) is 0 Å². The Bertz CT molecular complexity index is 590. The molecule has 0 aliphatic rings. The van der Waals surface area contributed by atoms with Crippen molar-refractivity contribution in [2.24, 2.45) is 0 Å². The van der Waals surface area contributed by atoms with Crippen molar-refractivity contribution < 1.29 is 15.0 Å². The zero-order valence-corrected chi connectivity index (χ0v) is 12.0. The number of amides is 1. The van der Waals surface area contributed by atoms with E-state index in [0.717, 1.165) is 18.5 Å². The summed E-state index contributed by atoms with van der Waals surface area (Å²) in [6, 6.07) is 13.3. The summed E-state index contributed by atoms with van der Waals surface area (Å²) in [5.41, 5.74) is 1.08. The summed E-state index contributed by atoms with van der Waals surface area (Å²) in [7, 11) is 0. The summed E-state index contributed by atoms with van der Waals surface area (Å²) < 4.78 is 0. The van der Waals surface area contributed by atoms with Gasteiger partial charge in [0.2, 0.25) is 0 Å². The van der Waals surface area contributed by atoms with Gasteiger partial charge in [-0.05, 0) is 30.7 Å². The number of rotatable bonds is 5. The third-order valence-electron chi connectivity index (χ3n) is 3.20. The van der Waals surface area contributed by atoms with Crippen LogP contribution in [-0.2, 0) is 0 Å². The third kappa shape index (κ3) is 3.75. The second kappa shape index (κ2) is 6.79. The van der Waals surface area contributed by atoms with E-state index in [1.807, 2.05) is 30.3 Å². The van der Waals surface area contributed by atoms with Crippen LogP contribution in [0.5, 0.6) is 11.5 Å². The molecule has 2 rings (SSSR count). The Balaban J connectivity index is 2.33. The van der Waals surface area contributed by atoms with Crippen LogP contribution < -0.4 is 4.90 Å². The highest BCUT2D eigenvalue weighted by atomic mass is 16.3. The number of nitrogens with zero attached hydrogens (tertiary/aromatic N) is 1. The lowest BCUT2D eigenvalue weighted by Crippen LogP contribution is -2.31. The van der Waals surface area contributed by atoms with Crippen LogP contribution in [0.25, 0.3) is 0 Å². The summed E-state index contributed by atoms with van der Waals surface area (Å²) >= 11 is 0. The summed E-state index contributed by atoms with van der Waals surface area (Å²) in [4.78, 5) is 14.3. The Morgan fingerprint density at radius 3 is 2.24 bits per heavy atom. The number of carbonyl (C=O) groups excluding carboxylic acids is 1. The van der Waals surface area contributed by atoms with Crippen LogP contribution in [0.2, 0.25) is 0 Å². The maximum absolute atomic E-state index is 12.7. The number of phenolic OH excluding ortho intramolecular Hbond substituents is 2. The standard InChI is InChI=1S/C17H19NO3/c1-2-3-9-18(14-7-5-4-6-8-14)17(21)13-10-15(19)12-16(20)11-13/h4-8,10-12,19-20H,2-3,9H2,1H3. The molecule has 0 saturated heterocycles. The van der Waals surface area contributed by atoms with Crippen LogP contribution >= 0.6 is 0 Å². The first kappa shape index (κ1) is 14.9. The molecule has 4 heteroatoms. The van der Waals surface area contributed by atoms with E-state index >= 15 is 0 Å². The van der Waals surface area contributed by atoms with Crippen LogP contribution in [0, 0.1) is 0 Å². The van der Waals surface area contributed by atoms with E-state index in [9.17, 15) is 15.0 Å². The van der Waals surface area contributed by atoms with Crippen molar-refractivity contribution >= 4 is 11.6 Å². The zero-order chi connectivity index (χ0) is 15.2. The first-order valence-corrected chi connectivity index (χ1v) is 7.01. The fraction of sp³-hybridized carbons (Fsp3) is 0.235. The molecule has 0 aliphatic heterocycles. The van der Waals surface area contributed by atoms with Gasteiger partial charge in [-0.25, -0.2) is 0 Å². The molecule has 0 unspecified atom stereocenters. The molecule has 2 N–H and O–H groups in total. The van der Waals surface area contributed by atoms with Crippen LogP contribution in [0.3, 0.4) is 0 Å². The maximum Gasteiger partial charge on any atom is 0.258 e. The minimum Gasteiger partial charge on any atom is -0.508 e. The smallest absolute Gasteiger partial charge is 0.258 e. The molecule has 0 heterocycles. The molecule has 0 spiro atoms. The highest BCUT2D eigenvalue weighted by molar-refractivity contribution is 6.06. The van der Waals surface area contributed by atoms with E-state index < -0.39 is 0 Å². The number of hydrogen-bond acceptors (Lipinski definition) is 3. The molecule has 0 radical (unpaired) electrons. The lowest BCUT2D eigenvalue weighted by atomic mass is 10.1. The summed E-state index contributed by atoms with van der Waals surface area (Å²) in [6.07, 6.45) is 1.85. The Morgan fingerprint density at radius 2 is 1.67 bits per heavy atom. The van der Waals surface area contributed by atoms with Crippen LogP contribution in [0.4, 0.5) is 5.69 Å². The highest BCUT2D eigenvalue weighted by Gasteiger charge is 2.18. The van der Waals surface area contributed by atoms with Gasteiger partial charge >= 0.3 is 0 Å². The second-order valence-corrected chi connectivity index (χ2v) is 4.88. The maximum atomic E-state index is 12.7. The minimum atomic E-state index is -0.235. The van der Waals surface area contributed by atoms with Gasteiger partial charge in [0.1, 0.15) is 11.5 Å². The molecule has 0 aromatic heterocycles. The Labute approximate surface area is 124 Å².